The normalized spacial score (nSPS) is 13.9. The minimum atomic E-state index is -1.16. The van der Waals surface area contributed by atoms with E-state index in [9.17, 15) is 0 Å². The Labute approximate surface area is 267 Å². The smallest absolute Gasteiger partial charge is 0.148 e. The zero-order valence-electron chi connectivity index (χ0n) is 25.8. The van der Waals surface area contributed by atoms with E-state index < -0.39 is 8.07 Å². The van der Waals surface area contributed by atoms with Gasteiger partial charge in [-0.3, -0.25) is 9.67 Å². The van der Waals surface area contributed by atoms with E-state index in [-0.39, 0.29) is 6.04 Å². The molecule has 2 aromatic carbocycles. The van der Waals surface area contributed by atoms with Crippen molar-refractivity contribution in [3.05, 3.63) is 84.2 Å². The van der Waals surface area contributed by atoms with Gasteiger partial charge in [0.1, 0.15) is 40.4 Å². The molecule has 1 aliphatic heterocycles. The molecule has 0 amide bonds. The zero-order chi connectivity index (χ0) is 31.1. The maximum atomic E-state index is 6.89. The molecule has 45 heavy (non-hydrogen) atoms. The number of halogens is 1. The van der Waals surface area contributed by atoms with Crippen molar-refractivity contribution in [2.24, 2.45) is 0 Å². The van der Waals surface area contributed by atoms with Crippen LogP contribution in [0.15, 0.2) is 73.3 Å². The van der Waals surface area contributed by atoms with Gasteiger partial charge in [0, 0.05) is 51.8 Å². The van der Waals surface area contributed by atoms with E-state index in [2.05, 4.69) is 44.2 Å². The van der Waals surface area contributed by atoms with Crippen molar-refractivity contribution >= 4 is 47.6 Å². The summed E-state index contributed by atoms with van der Waals surface area (Å²) in [6.45, 7) is 11.9. The summed E-state index contributed by atoms with van der Waals surface area (Å²) in [4.78, 5) is 20.9. The summed E-state index contributed by atoms with van der Waals surface area (Å²) < 4.78 is 16.4. The highest BCUT2D eigenvalue weighted by atomic mass is 35.5. The summed E-state index contributed by atoms with van der Waals surface area (Å²) in [5, 5.41) is 5.02. The van der Waals surface area contributed by atoms with Gasteiger partial charge in [0.25, 0.3) is 0 Å². The van der Waals surface area contributed by atoms with E-state index in [1.807, 2.05) is 78.7 Å². The summed E-state index contributed by atoms with van der Waals surface area (Å²) in [6.07, 6.45) is 7.41. The fourth-order valence-electron chi connectivity index (χ4n) is 5.38. The molecule has 12 heteroatoms. The maximum absolute atomic E-state index is 6.89. The van der Waals surface area contributed by atoms with E-state index >= 15 is 0 Å². The lowest BCUT2D eigenvalue weighted by atomic mass is 10.1. The predicted octanol–water partition coefficient (Wildman–Crippen LogP) is 7.37. The maximum Gasteiger partial charge on any atom is 0.148 e. The van der Waals surface area contributed by atoms with Gasteiger partial charge in [0.05, 0.1) is 40.7 Å². The largest absolute Gasteiger partial charge is 0.456 e. The van der Waals surface area contributed by atoms with Gasteiger partial charge in [0.2, 0.25) is 0 Å². The molecule has 0 unspecified atom stereocenters. The molecule has 0 radical (unpaired) electrons. The predicted molar refractivity (Wildman–Crippen MR) is 180 cm³/mol. The van der Waals surface area contributed by atoms with Gasteiger partial charge in [-0.1, -0.05) is 37.3 Å². The Balaban J connectivity index is 1.08. The monoisotopic (exact) mass is 638 g/mol. The second-order valence-electron chi connectivity index (χ2n) is 12.6. The molecule has 0 atom stereocenters. The Kier molecular flexibility index (Phi) is 7.76. The first-order valence-corrected chi connectivity index (χ1v) is 19.2. The molecule has 4 aromatic heterocycles. The van der Waals surface area contributed by atoms with Gasteiger partial charge in [-0.05, 0) is 49.4 Å². The Bertz CT molecular complexity index is 1980. The number of nitrogens with zero attached hydrogens (tertiary/aromatic N) is 8. The molecule has 0 saturated carbocycles. The number of fused-ring (bicyclic) bond motifs is 2. The van der Waals surface area contributed by atoms with E-state index in [1.54, 1.807) is 6.20 Å². The SMILES string of the molecule is Cc1nc2ccc(Oc3ccc4ncc(-c5cnn(C6CN(c7ccccn7)C6)c5)nc4c3Cl)cc2n1COCC[Si](C)(C)C. The lowest BCUT2D eigenvalue weighted by Gasteiger charge is -2.40. The highest BCUT2D eigenvalue weighted by Gasteiger charge is 2.30. The molecule has 230 valence electrons. The van der Waals surface area contributed by atoms with E-state index in [0.29, 0.717) is 40.0 Å². The van der Waals surface area contributed by atoms with Crippen LogP contribution in [0.3, 0.4) is 0 Å². The minimum absolute atomic E-state index is 0.270. The van der Waals surface area contributed by atoms with Crippen LogP contribution in [0.5, 0.6) is 11.5 Å². The summed E-state index contributed by atoms with van der Waals surface area (Å²) in [7, 11) is -1.16. The lowest BCUT2D eigenvalue weighted by molar-refractivity contribution is 0.0885. The number of pyridine rings is 1. The van der Waals surface area contributed by atoms with Crippen LogP contribution in [0.2, 0.25) is 30.7 Å². The molecule has 10 nitrogen and oxygen atoms in total. The Morgan fingerprint density at radius 2 is 1.82 bits per heavy atom. The third kappa shape index (κ3) is 6.15. The van der Waals surface area contributed by atoms with Crippen LogP contribution in [-0.4, -0.2) is 62.1 Å². The number of ether oxygens (including phenoxy) is 2. The van der Waals surface area contributed by atoms with Gasteiger partial charge < -0.3 is 18.9 Å². The molecule has 0 N–H and O–H groups in total. The molecule has 5 heterocycles. The van der Waals surface area contributed by atoms with Crippen molar-refractivity contribution < 1.29 is 9.47 Å². The number of aryl methyl sites for hydroxylation is 1. The van der Waals surface area contributed by atoms with Crippen LogP contribution >= 0.6 is 11.6 Å². The van der Waals surface area contributed by atoms with Gasteiger partial charge in [0.15, 0.2) is 0 Å². The van der Waals surface area contributed by atoms with Crippen molar-refractivity contribution in [1.29, 1.82) is 0 Å². The number of imidazole rings is 1. The lowest BCUT2D eigenvalue weighted by Crippen LogP contribution is -2.48. The number of anilines is 1. The summed E-state index contributed by atoms with van der Waals surface area (Å²) in [6, 6.07) is 16.9. The van der Waals surface area contributed by atoms with Crippen molar-refractivity contribution in [1.82, 2.24) is 34.3 Å². The highest BCUT2D eigenvalue weighted by molar-refractivity contribution is 6.76. The van der Waals surface area contributed by atoms with E-state index in [1.165, 1.54) is 0 Å². The van der Waals surface area contributed by atoms with E-state index in [4.69, 9.17) is 31.0 Å². The Morgan fingerprint density at radius 3 is 2.62 bits per heavy atom. The quantitative estimate of drug-likeness (QED) is 0.113. The average molecular weight is 639 g/mol. The van der Waals surface area contributed by atoms with Gasteiger partial charge in [-0.2, -0.15) is 5.10 Å². The topological polar surface area (TPSA) is 96.0 Å². The molecule has 1 aliphatic rings. The van der Waals surface area contributed by atoms with Crippen LogP contribution in [0, 0.1) is 6.92 Å². The summed E-state index contributed by atoms with van der Waals surface area (Å²) in [5.74, 6) is 3.03. The van der Waals surface area contributed by atoms with Gasteiger partial charge in [-0.25, -0.2) is 15.0 Å². The van der Waals surface area contributed by atoms with Crippen LogP contribution in [0.25, 0.3) is 33.3 Å². The van der Waals surface area contributed by atoms with Crippen LogP contribution in [-0.2, 0) is 11.5 Å². The molecule has 7 rings (SSSR count). The zero-order valence-corrected chi connectivity index (χ0v) is 27.6. The van der Waals surface area contributed by atoms with Crippen LogP contribution < -0.4 is 9.64 Å². The molecular weight excluding hydrogens is 604 g/mol. The standard InChI is InChI=1S/C33H35ClN8O2Si/c1-22-38-26-9-8-25(15-29(26)41(22)21-43-13-14-45(2,3)4)44-30-11-10-27-33(32(30)34)39-28(17-36-27)23-16-37-42(18-23)24-19-40(20-24)31-7-5-6-12-35-31/h5-12,15-18,24H,13-14,19-21H2,1-4H3. The second kappa shape index (κ2) is 11.9. The second-order valence-corrected chi connectivity index (χ2v) is 18.6. The first kappa shape index (κ1) is 29.4. The number of aromatic nitrogens is 7. The number of hydrogen-bond acceptors (Lipinski definition) is 8. The first-order chi connectivity index (χ1) is 21.7. The van der Waals surface area contributed by atoms with E-state index in [0.717, 1.165) is 54.0 Å². The fourth-order valence-corrected chi connectivity index (χ4v) is 6.37. The minimum Gasteiger partial charge on any atom is -0.456 e. The summed E-state index contributed by atoms with van der Waals surface area (Å²) in [5.41, 5.74) is 4.67. The third-order valence-electron chi connectivity index (χ3n) is 8.08. The molecule has 0 bridgehead atoms. The van der Waals surface area contributed by atoms with Crippen molar-refractivity contribution in [3.63, 3.8) is 0 Å². The Hall–Kier alpha value is -4.32. The number of hydrogen-bond donors (Lipinski definition) is 0. The average Bonchev–Trinajstić information content (AvgIpc) is 3.60. The molecular formula is C33H35ClN8O2Si. The van der Waals surface area contributed by atoms with Crippen molar-refractivity contribution in [3.8, 4) is 22.8 Å². The van der Waals surface area contributed by atoms with Crippen LogP contribution in [0.4, 0.5) is 5.82 Å². The van der Waals surface area contributed by atoms with Crippen molar-refractivity contribution in [2.45, 2.75) is 45.4 Å². The molecule has 6 aromatic rings. The molecule has 0 spiro atoms. The Morgan fingerprint density at radius 1 is 0.978 bits per heavy atom. The van der Waals surface area contributed by atoms with Gasteiger partial charge >= 0.3 is 0 Å². The number of rotatable bonds is 10. The molecule has 0 aliphatic carbocycles. The number of benzene rings is 2. The van der Waals surface area contributed by atoms with Gasteiger partial charge in [-0.15, -0.1) is 0 Å². The highest BCUT2D eigenvalue weighted by Crippen LogP contribution is 2.36. The van der Waals surface area contributed by atoms with Crippen molar-refractivity contribution in [2.75, 3.05) is 24.6 Å². The third-order valence-corrected chi connectivity index (χ3v) is 10.1. The molecule has 1 fully saturated rings. The van der Waals surface area contributed by atoms with Crippen LogP contribution in [0.1, 0.15) is 11.9 Å². The first-order valence-electron chi connectivity index (χ1n) is 15.1. The summed E-state index contributed by atoms with van der Waals surface area (Å²) >= 11 is 6.89. The fraction of sp³-hybridized carbons (Fsp3) is 0.303. The molecule has 1 saturated heterocycles.